The summed E-state index contributed by atoms with van der Waals surface area (Å²) in [5.41, 5.74) is 7.94. The van der Waals surface area contributed by atoms with Crippen molar-refractivity contribution >= 4 is 35.1 Å². The van der Waals surface area contributed by atoms with Gasteiger partial charge in [0.2, 0.25) is 11.8 Å². The van der Waals surface area contributed by atoms with E-state index in [9.17, 15) is 9.59 Å². The maximum absolute atomic E-state index is 12.2. The number of carbonyl (C=O) groups is 2. The number of nitrogens with one attached hydrogen (secondary N) is 2. The number of halogens is 1. The van der Waals surface area contributed by atoms with Gasteiger partial charge in [0.05, 0.1) is 30.5 Å². The number of carbonyl (C=O) groups excluding carboxylic acids is 2. The van der Waals surface area contributed by atoms with Crippen LogP contribution in [0, 0.1) is 14.0 Å². The molecule has 1 fully saturated rings. The van der Waals surface area contributed by atoms with Crippen molar-refractivity contribution in [1.29, 1.82) is 0 Å². The molecule has 1 atom stereocenters. The molecule has 2 N–H and O–H groups in total. The van der Waals surface area contributed by atoms with Crippen LogP contribution in [0.25, 0.3) is 5.73 Å². The summed E-state index contributed by atoms with van der Waals surface area (Å²) in [5, 5.41) is 3.00. The number of hydrogen-bond donors (Lipinski definition) is 1. The number of anilines is 1. The van der Waals surface area contributed by atoms with Crippen LogP contribution >= 0.6 is 11.6 Å². The molecule has 0 spiro atoms. The quantitative estimate of drug-likeness (QED) is 0.276. The SMILES string of the molecule is C=CC(=O)Nc1ccc(C(=O)N([CH2-])C[CH2-])cc1OC1CCOC1.CCOc1nc([NH-])ncc1Cl.[Rh+3]. The molecule has 35 heavy (non-hydrogen) atoms. The molecule has 1 aromatic heterocycles. The van der Waals surface area contributed by atoms with Gasteiger partial charge in [-0.15, -0.1) is 6.54 Å². The molecule has 0 saturated carbocycles. The van der Waals surface area contributed by atoms with Crippen molar-refractivity contribution in [2.24, 2.45) is 0 Å². The predicted molar refractivity (Wildman–Crippen MR) is 129 cm³/mol. The number of amides is 2. The van der Waals surface area contributed by atoms with Gasteiger partial charge < -0.3 is 47.1 Å². The Balaban J connectivity index is 0.000000430. The largest absolute Gasteiger partial charge is 3.00 e. The normalized spacial score (nSPS) is 14.0. The molecule has 12 heteroatoms. The summed E-state index contributed by atoms with van der Waals surface area (Å²) in [5.74, 6) is -0.0201. The molecule has 3 rings (SSSR count). The fraction of sp³-hybridized carbons (Fsp3) is 0.304. The fourth-order valence-electron chi connectivity index (χ4n) is 2.70. The van der Waals surface area contributed by atoms with Crippen LogP contribution in [0.2, 0.25) is 5.02 Å². The van der Waals surface area contributed by atoms with Gasteiger partial charge in [-0.2, -0.15) is 0 Å². The molecule has 0 radical (unpaired) electrons. The molecular weight excluding hydrogens is 565 g/mol. The van der Waals surface area contributed by atoms with E-state index < -0.39 is 0 Å². The number of rotatable bonds is 8. The number of aromatic nitrogens is 2. The van der Waals surface area contributed by atoms with Crippen LogP contribution in [0.4, 0.5) is 11.6 Å². The van der Waals surface area contributed by atoms with Gasteiger partial charge in [0.1, 0.15) is 11.9 Å². The van der Waals surface area contributed by atoms with Gasteiger partial charge >= 0.3 is 19.5 Å². The molecule has 10 nitrogen and oxygen atoms in total. The van der Waals surface area contributed by atoms with Gasteiger partial charge in [0.25, 0.3) is 0 Å². The monoisotopic (exact) mass is 591 g/mol. The van der Waals surface area contributed by atoms with Gasteiger partial charge in [0.15, 0.2) is 5.88 Å². The first kappa shape index (κ1) is 30.3. The van der Waals surface area contributed by atoms with Crippen molar-refractivity contribution in [3.8, 4) is 11.6 Å². The molecule has 0 bridgehead atoms. The third kappa shape index (κ3) is 9.43. The van der Waals surface area contributed by atoms with Gasteiger partial charge in [-0.25, -0.2) is 0 Å². The standard InChI is InChI=1S/C17H20N2O4.C6H7ClN3O.Rh/c1-4-16(20)18-14-7-6-12(17(21)19(3)5-2)10-15(14)23-13-8-9-22-11-13;1-2-11-5-4(7)3-9-6(8)10-5;/h4,6-7,10,13H,1-3,5,8-9,11H2,(H,18,20);3H,2H2,1H3,(H-,8,9,10);/q-2;-1;+3. The van der Waals surface area contributed by atoms with Crippen LogP contribution in [0.5, 0.6) is 11.6 Å². The minimum absolute atomic E-state index is 0. The Labute approximate surface area is 222 Å². The van der Waals surface area contributed by atoms with Crippen molar-refractivity contribution in [2.75, 3.05) is 31.7 Å². The smallest absolute Gasteiger partial charge is 0.517 e. The van der Waals surface area contributed by atoms with E-state index in [1.165, 1.54) is 17.2 Å². The first-order chi connectivity index (χ1) is 16.3. The van der Waals surface area contributed by atoms with E-state index in [0.29, 0.717) is 41.8 Å². The van der Waals surface area contributed by atoms with E-state index in [1.807, 2.05) is 6.92 Å². The Morgan fingerprint density at radius 3 is 2.80 bits per heavy atom. The Morgan fingerprint density at radius 2 is 2.20 bits per heavy atom. The first-order valence-electron chi connectivity index (χ1n) is 10.4. The Hall–Kier alpha value is -2.75. The van der Waals surface area contributed by atoms with Gasteiger partial charge in [-0.1, -0.05) is 18.2 Å². The van der Waals surface area contributed by atoms with E-state index in [4.69, 9.17) is 31.5 Å². The van der Waals surface area contributed by atoms with Crippen LogP contribution in [-0.2, 0) is 29.0 Å². The van der Waals surface area contributed by atoms with Crippen LogP contribution in [0.15, 0.2) is 37.1 Å². The number of benzene rings is 1. The summed E-state index contributed by atoms with van der Waals surface area (Å²) in [6, 6.07) is 4.82. The van der Waals surface area contributed by atoms with E-state index >= 15 is 0 Å². The van der Waals surface area contributed by atoms with E-state index in [0.717, 1.165) is 6.42 Å². The van der Waals surface area contributed by atoms with Crippen molar-refractivity contribution in [3.05, 3.63) is 67.3 Å². The molecule has 1 aliphatic rings. The van der Waals surface area contributed by atoms with Gasteiger partial charge in [-0.05, 0) is 37.4 Å². The third-order valence-corrected chi connectivity index (χ3v) is 4.66. The molecule has 0 aliphatic carbocycles. The van der Waals surface area contributed by atoms with Crippen LogP contribution in [-0.4, -0.2) is 59.2 Å². The molecule has 1 unspecified atom stereocenters. The van der Waals surface area contributed by atoms with Crippen LogP contribution in [0.3, 0.4) is 0 Å². The zero-order valence-electron chi connectivity index (χ0n) is 19.2. The summed E-state index contributed by atoms with van der Waals surface area (Å²) >= 11 is 5.64. The Bertz CT molecular complexity index is 1000. The van der Waals surface area contributed by atoms with Gasteiger partial charge in [-0.3, -0.25) is 16.6 Å². The Kier molecular flexibility index (Phi) is 13.2. The summed E-state index contributed by atoms with van der Waals surface area (Å²) in [4.78, 5) is 32.2. The van der Waals surface area contributed by atoms with Crippen molar-refractivity contribution in [1.82, 2.24) is 14.9 Å². The molecule has 2 amide bonds. The average Bonchev–Trinajstić information content (AvgIpc) is 3.35. The van der Waals surface area contributed by atoms with Crippen LogP contribution < -0.4 is 14.8 Å². The molecule has 1 saturated heterocycles. The second-order valence-electron chi connectivity index (χ2n) is 6.86. The molecule has 1 aromatic carbocycles. The average molecular weight is 592 g/mol. The van der Waals surface area contributed by atoms with Gasteiger partial charge in [0, 0.05) is 17.9 Å². The summed E-state index contributed by atoms with van der Waals surface area (Å²) in [6.45, 7) is 10.7. The summed E-state index contributed by atoms with van der Waals surface area (Å²) in [6.07, 6.45) is 3.17. The van der Waals surface area contributed by atoms with Crippen molar-refractivity contribution < 1.29 is 43.3 Å². The minimum atomic E-state index is -0.354. The fourth-order valence-corrected chi connectivity index (χ4v) is 2.84. The third-order valence-electron chi connectivity index (χ3n) is 4.40. The second kappa shape index (κ2) is 15.3. The summed E-state index contributed by atoms with van der Waals surface area (Å²) < 4.78 is 16.2. The maximum atomic E-state index is 12.2. The predicted octanol–water partition coefficient (Wildman–Crippen LogP) is 4.26. The van der Waals surface area contributed by atoms with Crippen molar-refractivity contribution in [3.63, 3.8) is 0 Å². The number of hydrogen-bond acceptors (Lipinski definition) is 7. The molecule has 2 aromatic rings. The van der Waals surface area contributed by atoms with E-state index in [1.54, 1.807) is 18.2 Å². The molecule has 1 aliphatic heterocycles. The minimum Gasteiger partial charge on any atom is -0.517 e. The van der Waals surface area contributed by atoms with Crippen LogP contribution in [0.1, 0.15) is 23.7 Å². The van der Waals surface area contributed by atoms with E-state index in [-0.39, 0.29) is 55.8 Å². The van der Waals surface area contributed by atoms with E-state index in [2.05, 4.69) is 35.8 Å². The second-order valence-corrected chi connectivity index (χ2v) is 7.26. The topological polar surface area (TPSA) is 127 Å². The summed E-state index contributed by atoms with van der Waals surface area (Å²) in [7, 11) is 3.63. The molecular formula is C23H27ClN5O5Rh. The molecule has 190 valence electrons. The first-order valence-corrected chi connectivity index (χ1v) is 10.8. The maximum Gasteiger partial charge on any atom is 3.00 e. The number of nitrogens with zero attached hydrogens (tertiary/aromatic N) is 3. The Morgan fingerprint density at radius 1 is 1.46 bits per heavy atom. The zero-order valence-corrected chi connectivity index (χ0v) is 21.6. The zero-order chi connectivity index (χ0) is 25.1. The van der Waals surface area contributed by atoms with Crippen molar-refractivity contribution in [2.45, 2.75) is 19.4 Å². The number of ether oxygens (including phenoxy) is 3. The molecule has 2 heterocycles.